The quantitative estimate of drug-likeness (QED) is 0.820. The lowest BCUT2D eigenvalue weighted by Crippen LogP contribution is -2.27. The van der Waals surface area contributed by atoms with E-state index in [4.69, 9.17) is 10.5 Å². The fourth-order valence-electron chi connectivity index (χ4n) is 1.92. The minimum absolute atomic E-state index is 0.0194. The van der Waals surface area contributed by atoms with Gasteiger partial charge in [0.1, 0.15) is 10.6 Å². The number of ether oxygens (including phenoxy) is 1. The molecule has 21 heavy (non-hydrogen) atoms. The van der Waals surface area contributed by atoms with Crippen molar-refractivity contribution >= 4 is 15.7 Å². The van der Waals surface area contributed by atoms with Crippen LogP contribution in [0.2, 0.25) is 0 Å². The smallest absolute Gasteiger partial charge is 0.244 e. The summed E-state index contributed by atoms with van der Waals surface area (Å²) in [7, 11) is -2.33. The minimum atomic E-state index is -3.75. The van der Waals surface area contributed by atoms with Crippen LogP contribution < -0.4 is 15.2 Å². The normalized spacial score (nSPS) is 12.9. The van der Waals surface area contributed by atoms with Gasteiger partial charge in [-0.1, -0.05) is 0 Å². The lowest BCUT2D eigenvalue weighted by atomic mass is 10.1. The van der Waals surface area contributed by atoms with E-state index in [9.17, 15) is 8.42 Å². The van der Waals surface area contributed by atoms with E-state index < -0.39 is 16.1 Å². The average Bonchev–Trinajstić information content (AvgIpc) is 2.47. The average molecular weight is 307 g/mol. The number of nitrogen functional groups attached to an aromatic ring is 1. The van der Waals surface area contributed by atoms with Crippen LogP contribution in [-0.2, 0) is 10.0 Å². The predicted octanol–water partition coefficient (Wildman–Crippen LogP) is 1.71. The first-order valence-electron chi connectivity index (χ1n) is 6.30. The Morgan fingerprint density at radius 3 is 2.52 bits per heavy atom. The molecule has 1 aromatic heterocycles. The molecule has 0 aliphatic heterocycles. The first-order chi connectivity index (χ1) is 9.94. The van der Waals surface area contributed by atoms with Crippen molar-refractivity contribution in [2.75, 3.05) is 12.8 Å². The fourth-order valence-corrected chi connectivity index (χ4v) is 3.36. The predicted molar refractivity (Wildman–Crippen MR) is 80.4 cm³/mol. The maximum Gasteiger partial charge on any atom is 0.244 e. The number of nitrogens with two attached hydrogens (primary N) is 1. The van der Waals surface area contributed by atoms with Gasteiger partial charge >= 0.3 is 0 Å². The molecule has 0 radical (unpaired) electrons. The molecule has 0 saturated carbocycles. The molecule has 2 rings (SSSR count). The minimum Gasteiger partial charge on any atom is -0.495 e. The van der Waals surface area contributed by atoms with Gasteiger partial charge in [-0.3, -0.25) is 4.98 Å². The SMILES string of the molecule is COc1ccc(N)cc1S(=O)(=O)NC(C)c1ccncc1. The maximum absolute atomic E-state index is 12.5. The molecule has 0 saturated heterocycles. The Morgan fingerprint density at radius 1 is 1.24 bits per heavy atom. The van der Waals surface area contributed by atoms with Crippen LogP contribution >= 0.6 is 0 Å². The van der Waals surface area contributed by atoms with Gasteiger partial charge in [0.25, 0.3) is 0 Å². The van der Waals surface area contributed by atoms with Crippen molar-refractivity contribution in [2.24, 2.45) is 0 Å². The number of pyridine rings is 1. The van der Waals surface area contributed by atoms with Gasteiger partial charge in [-0.2, -0.15) is 0 Å². The van der Waals surface area contributed by atoms with Crippen molar-refractivity contribution < 1.29 is 13.2 Å². The summed E-state index contributed by atoms with van der Waals surface area (Å²) in [5, 5.41) is 0. The van der Waals surface area contributed by atoms with Crippen LogP contribution in [0.4, 0.5) is 5.69 Å². The number of nitrogens with one attached hydrogen (secondary N) is 1. The van der Waals surface area contributed by atoms with Crippen LogP contribution in [0.15, 0.2) is 47.6 Å². The van der Waals surface area contributed by atoms with Gasteiger partial charge in [-0.05, 0) is 42.8 Å². The number of hydrogen-bond acceptors (Lipinski definition) is 5. The summed E-state index contributed by atoms with van der Waals surface area (Å²) in [5.74, 6) is 0.249. The van der Waals surface area contributed by atoms with E-state index in [0.29, 0.717) is 5.69 Å². The van der Waals surface area contributed by atoms with Gasteiger partial charge in [-0.25, -0.2) is 13.1 Å². The van der Waals surface area contributed by atoms with E-state index in [-0.39, 0.29) is 10.6 Å². The lowest BCUT2D eigenvalue weighted by Gasteiger charge is -2.16. The van der Waals surface area contributed by atoms with Crippen LogP contribution in [0.3, 0.4) is 0 Å². The van der Waals surface area contributed by atoms with E-state index in [1.807, 2.05) is 0 Å². The molecule has 2 aromatic rings. The molecule has 0 aliphatic rings. The second-order valence-corrected chi connectivity index (χ2v) is 6.22. The Bertz CT molecular complexity index is 717. The van der Waals surface area contributed by atoms with Crippen LogP contribution in [-0.4, -0.2) is 20.5 Å². The van der Waals surface area contributed by atoms with Gasteiger partial charge in [0.2, 0.25) is 10.0 Å². The maximum atomic E-state index is 12.5. The molecule has 1 unspecified atom stereocenters. The summed E-state index contributed by atoms with van der Waals surface area (Å²) in [6.07, 6.45) is 3.22. The number of sulfonamides is 1. The highest BCUT2D eigenvalue weighted by atomic mass is 32.2. The van der Waals surface area contributed by atoms with Gasteiger partial charge in [0.15, 0.2) is 0 Å². The van der Waals surface area contributed by atoms with Crippen molar-refractivity contribution in [3.63, 3.8) is 0 Å². The van der Waals surface area contributed by atoms with Crippen LogP contribution in [0.5, 0.6) is 5.75 Å². The molecular weight excluding hydrogens is 290 g/mol. The summed E-state index contributed by atoms with van der Waals surface area (Å²) in [5.41, 5.74) is 6.84. The number of methoxy groups -OCH3 is 1. The summed E-state index contributed by atoms with van der Waals surface area (Å²) in [4.78, 5) is 3.93. The Hall–Kier alpha value is -2.12. The Balaban J connectivity index is 2.33. The number of anilines is 1. The van der Waals surface area contributed by atoms with E-state index in [1.54, 1.807) is 37.5 Å². The van der Waals surface area contributed by atoms with Gasteiger partial charge < -0.3 is 10.5 Å². The third-order valence-electron chi connectivity index (χ3n) is 3.02. The third kappa shape index (κ3) is 3.50. The zero-order valence-electron chi connectivity index (χ0n) is 11.8. The molecule has 7 heteroatoms. The van der Waals surface area contributed by atoms with Crippen molar-refractivity contribution in [1.82, 2.24) is 9.71 Å². The first-order valence-corrected chi connectivity index (χ1v) is 7.78. The molecule has 0 bridgehead atoms. The van der Waals surface area contributed by atoms with Gasteiger partial charge in [-0.15, -0.1) is 0 Å². The Labute approximate surface area is 124 Å². The third-order valence-corrected chi connectivity index (χ3v) is 4.58. The molecule has 0 aliphatic carbocycles. The highest BCUT2D eigenvalue weighted by molar-refractivity contribution is 7.89. The summed E-state index contributed by atoms with van der Waals surface area (Å²) in [6, 6.07) is 7.60. The monoisotopic (exact) mass is 307 g/mol. The number of nitrogens with zero attached hydrogens (tertiary/aromatic N) is 1. The second-order valence-electron chi connectivity index (χ2n) is 4.53. The van der Waals surface area contributed by atoms with Crippen LogP contribution in [0.1, 0.15) is 18.5 Å². The topological polar surface area (TPSA) is 94.3 Å². The lowest BCUT2D eigenvalue weighted by molar-refractivity contribution is 0.402. The molecule has 0 spiro atoms. The first kappa shape index (κ1) is 15.3. The zero-order chi connectivity index (χ0) is 15.5. The second kappa shape index (κ2) is 6.11. The van der Waals surface area contributed by atoms with Gasteiger partial charge in [0, 0.05) is 24.1 Å². The number of hydrogen-bond donors (Lipinski definition) is 2. The highest BCUT2D eigenvalue weighted by Gasteiger charge is 2.22. The molecule has 3 N–H and O–H groups in total. The Kier molecular flexibility index (Phi) is 4.44. The standard InChI is InChI=1S/C14H17N3O3S/c1-10(11-5-7-16-8-6-11)17-21(18,19)14-9-12(15)3-4-13(14)20-2/h3-10,17H,15H2,1-2H3. The van der Waals surface area contributed by atoms with Crippen LogP contribution in [0, 0.1) is 0 Å². The van der Waals surface area contributed by atoms with E-state index in [1.165, 1.54) is 19.2 Å². The molecule has 1 heterocycles. The molecule has 112 valence electrons. The fraction of sp³-hybridized carbons (Fsp3) is 0.214. The number of benzene rings is 1. The summed E-state index contributed by atoms with van der Waals surface area (Å²) < 4.78 is 32.7. The Morgan fingerprint density at radius 2 is 1.90 bits per heavy atom. The molecule has 0 amide bonds. The number of aromatic nitrogens is 1. The molecule has 1 aromatic carbocycles. The number of rotatable bonds is 5. The molecule has 6 nitrogen and oxygen atoms in total. The summed E-state index contributed by atoms with van der Waals surface area (Å²) >= 11 is 0. The molecule has 1 atom stereocenters. The highest BCUT2D eigenvalue weighted by Crippen LogP contribution is 2.27. The molecular formula is C14H17N3O3S. The largest absolute Gasteiger partial charge is 0.495 e. The summed E-state index contributed by atoms with van der Waals surface area (Å²) in [6.45, 7) is 1.76. The van der Waals surface area contributed by atoms with Crippen molar-refractivity contribution in [2.45, 2.75) is 17.9 Å². The van der Waals surface area contributed by atoms with Crippen molar-refractivity contribution in [1.29, 1.82) is 0 Å². The van der Waals surface area contributed by atoms with E-state index >= 15 is 0 Å². The molecule has 0 fully saturated rings. The zero-order valence-corrected chi connectivity index (χ0v) is 12.6. The van der Waals surface area contributed by atoms with Crippen LogP contribution in [0.25, 0.3) is 0 Å². The van der Waals surface area contributed by atoms with E-state index in [0.717, 1.165) is 5.56 Å². The van der Waals surface area contributed by atoms with Gasteiger partial charge in [0.05, 0.1) is 7.11 Å². The van der Waals surface area contributed by atoms with E-state index in [2.05, 4.69) is 9.71 Å². The van der Waals surface area contributed by atoms with Crippen molar-refractivity contribution in [3.05, 3.63) is 48.3 Å². The van der Waals surface area contributed by atoms with Crippen molar-refractivity contribution in [3.8, 4) is 5.75 Å².